The van der Waals surface area contributed by atoms with Gasteiger partial charge in [0, 0.05) is 32.4 Å². The fourth-order valence-electron chi connectivity index (χ4n) is 2.74. The molecule has 6 nitrogen and oxygen atoms in total. The highest BCUT2D eigenvalue weighted by atomic mass is 32.2. The number of carbonyl (C=O) groups is 1. The first-order chi connectivity index (χ1) is 11.8. The number of hydrogen-bond donors (Lipinski definition) is 0. The molecule has 0 radical (unpaired) electrons. The van der Waals surface area contributed by atoms with Crippen LogP contribution in [-0.2, 0) is 9.84 Å². The predicted octanol–water partition coefficient (Wildman–Crippen LogP) is 1.48. The molecule has 0 unspecified atom stereocenters. The van der Waals surface area contributed by atoms with Gasteiger partial charge in [-0.15, -0.1) is 0 Å². The molecule has 0 saturated carbocycles. The van der Waals surface area contributed by atoms with E-state index in [0.29, 0.717) is 39.1 Å². The summed E-state index contributed by atoms with van der Waals surface area (Å²) in [5, 5.41) is 0. The lowest BCUT2D eigenvalue weighted by Gasteiger charge is -2.35. The normalized spacial score (nSPS) is 16.2. The maximum Gasteiger partial charge on any atom is 0.387 e. The van der Waals surface area contributed by atoms with E-state index in [2.05, 4.69) is 9.64 Å². The minimum absolute atomic E-state index is 0.119. The Kier molecular flexibility index (Phi) is 6.71. The molecule has 9 heteroatoms. The average Bonchev–Trinajstić information content (AvgIpc) is 2.54. The second-order valence-corrected chi connectivity index (χ2v) is 8.25. The van der Waals surface area contributed by atoms with Crippen molar-refractivity contribution in [3.05, 3.63) is 29.8 Å². The average molecular weight is 376 g/mol. The van der Waals surface area contributed by atoms with Gasteiger partial charge in [-0.05, 0) is 25.1 Å². The molecule has 0 aliphatic carbocycles. The van der Waals surface area contributed by atoms with Gasteiger partial charge in [0.25, 0.3) is 5.91 Å². The molecule has 140 valence electrons. The predicted molar refractivity (Wildman–Crippen MR) is 89.7 cm³/mol. The second kappa shape index (κ2) is 8.57. The summed E-state index contributed by atoms with van der Waals surface area (Å²) in [6, 6.07) is 5.96. The molecule has 1 saturated heterocycles. The molecular formula is C16H22F2N2O4S. The highest BCUT2D eigenvalue weighted by Gasteiger charge is 2.24. The van der Waals surface area contributed by atoms with Gasteiger partial charge < -0.3 is 9.64 Å². The maximum absolute atomic E-state index is 12.6. The first kappa shape index (κ1) is 19.6. The first-order valence-electron chi connectivity index (χ1n) is 7.99. The number of nitrogens with zero attached hydrogens (tertiary/aromatic N) is 2. The molecule has 1 aliphatic heterocycles. The molecule has 1 aliphatic rings. The van der Waals surface area contributed by atoms with Crippen molar-refractivity contribution in [2.75, 3.05) is 44.7 Å². The Balaban J connectivity index is 1.89. The van der Waals surface area contributed by atoms with E-state index >= 15 is 0 Å². The van der Waals surface area contributed by atoms with E-state index in [4.69, 9.17) is 0 Å². The van der Waals surface area contributed by atoms with Crippen molar-refractivity contribution in [2.45, 2.75) is 13.0 Å². The number of sulfone groups is 1. The molecule has 25 heavy (non-hydrogen) atoms. The smallest absolute Gasteiger partial charge is 0.387 e. The van der Waals surface area contributed by atoms with E-state index in [1.807, 2.05) is 0 Å². The van der Waals surface area contributed by atoms with Crippen LogP contribution in [0.4, 0.5) is 8.78 Å². The number of rotatable bonds is 7. The van der Waals surface area contributed by atoms with Crippen molar-refractivity contribution in [1.29, 1.82) is 0 Å². The largest absolute Gasteiger partial charge is 0.434 e. The Morgan fingerprint density at radius 3 is 2.44 bits per heavy atom. The molecule has 0 bridgehead atoms. The third-order valence-corrected chi connectivity index (χ3v) is 5.01. The van der Waals surface area contributed by atoms with Gasteiger partial charge in [0.2, 0.25) is 0 Å². The van der Waals surface area contributed by atoms with Gasteiger partial charge in [-0.2, -0.15) is 8.78 Å². The quantitative estimate of drug-likeness (QED) is 0.721. The Morgan fingerprint density at radius 2 is 1.84 bits per heavy atom. The van der Waals surface area contributed by atoms with E-state index in [1.54, 1.807) is 11.0 Å². The first-order valence-corrected chi connectivity index (χ1v) is 10.1. The van der Waals surface area contributed by atoms with Crippen molar-refractivity contribution >= 4 is 15.7 Å². The molecule has 1 heterocycles. The Bertz CT molecular complexity index is 689. The van der Waals surface area contributed by atoms with Crippen LogP contribution in [0.2, 0.25) is 0 Å². The summed E-state index contributed by atoms with van der Waals surface area (Å²) >= 11 is 0. The maximum atomic E-state index is 12.6. The van der Waals surface area contributed by atoms with Crippen LogP contribution in [0.3, 0.4) is 0 Å². The van der Waals surface area contributed by atoms with Crippen LogP contribution in [0.25, 0.3) is 0 Å². The fourth-order valence-corrected chi connectivity index (χ4v) is 3.39. The summed E-state index contributed by atoms with van der Waals surface area (Å²) in [7, 11) is -2.97. The van der Waals surface area contributed by atoms with E-state index in [0.717, 1.165) is 0 Å². The molecule has 0 aromatic heterocycles. The van der Waals surface area contributed by atoms with Crippen LogP contribution in [0.1, 0.15) is 16.8 Å². The topological polar surface area (TPSA) is 66.9 Å². The molecule has 1 amide bonds. The number of halogens is 2. The van der Waals surface area contributed by atoms with Crippen molar-refractivity contribution in [3.63, 3.8) is 0 Å². The van der Waals surface area contributed by atoms with Crippen LogP contribution in [0.15, 0.2) is 24.3 Å². The number of ether oxygens (including phenoxy) is 1. The number of carbonyl (C=O) groups excluding carboxylic acids is 1. The van der Waals surface area contributed by atoms with Crippen molar-refractivity contribution in [3.8, 4) is 5.75 Å². The summed E-state index contributed by atoms with van der Waals surface area (Å²) in [6.45, 7) is -0.178. The summed E-state index contributed by atoms with van der Waals surface area (Å²) in [6.07, 6.45) is 1.76. The second-order valence-electron chi connectivity index (χ2n) is 5.99. The summed E-state index contributed by atoms with van der Waals surface area (Å²) in [5.41, 5.74) is 0.119. The Labute approximate surface area is 146 Å². The van der Waals surface area contributed by atoms with Crippen LogP contribution >= 0.6 is 0 Å². The third kappa shape index (κ3) is 6.24. The van der Waals surface area contributed by atoms with Crippen molar-refractivity contribution < 1.29 is 26.7 Å². The monoisotopic (exact) mass is 376 g/mol. The van der Waals surface area contributed by atoms with Crippen LogP contribution < -0.4 is 4.74 Å². The molecular weight excluding hydrogens is 354 g/mol. The molecule has 1 aromatic rings. The minimum Gasteiger partial charge on any atom is -0.434 e. The SMILES string of the molecule is CS(=O)(=O)CCCN1CCN(C(=O)c2ccccc2OC(F)F)CC1. The highest BCUT2D eigenvalue weighted by molar-refractivity contribution is 7.90. The van der Waals surface area contributed by atoms with Gasteiger partial charge in [-0.25, -0.2) is 8.42 Å². The zero-order chi connectivity index (χ0) is 18.4. The van der Waals surface area contributed by atoms with E-state index in [-0.39, 0.29) is 23.0 Å². The molecule has 1 aromatic carbocycles. The lowest BCUT2D eigenvalue weighted by molar-refractivity contribution is -0.0503. The number of para-hydroxylation sites is 1. The molecule has 2 rings (SSSR count). The Hall–Kier alpha value is -1.74. The minimum atomic E-state index is -2.99. The third-order valence-electron chi connectivity index (χ3n) is 3.98. The van der Waals surface area contributed by atoms with Gasteiger partial charge in [-0.3, -0.25) is 9.69 Å². The van der Waals surface area contributed by atoms with Gasteiger partial charge in [0.15, 0.2) is 0 Å². The van der Waals surface area contributed by atoms with E-state index in [9.17, 15) is 22.0 Å². The number of hydrogen-bond acceptors (Lipinski definition) is 5. The molecule has 0 atom stereocenters. The molecule has 0 N–H and O–H groups in total. The van der Waals surface area contributed by atoms with Crippen molar-refractivity contribution in [2.24, 2.45) is 0 Å². The van der Waals surface area contributed by atoms with Gasteiger partial charge in [0.05, 0.1) is 11.3 Å². The van der Waals surface area contributed by atoms with E-state index in [1.165, 1.54) is 24.5 Å². The number of benzene rings is 1. The number of alkyl halides is 2. The van der Waals surface area contributed by atoms with Gasteiger partial charge in [0.1, 0.15) is 15.6 Å². The van der Waals surface area contributed by atoms with Crippen LogP contribution in [-0.4, -0.2) is 75.5 Å². The molecule has 0 spiro atoms. The fraction of sp³-hybridized carbons (Fsp3) is 0.562. The zero-order valence-electron chi connectivity index (χ0n) is 14.0. The Morgan fingerprint density at radius 1 is 1.20 bits per heavy atom. The van der Waals surface area contributed by atoms with Crippen LogP contribution in [0.5, 0.6) is 5.75 Å². The van der Waals surface area contributed by atoms with Gasteiger partial charge >= 0.3 is 6.61 Å². The number of piperazine rings is 1. The van der Waals surface area contributed by atoms with Crippen LogP contribution in [0, 0.1) is 0 Å². The van der Waals surface area contributed by atoms with Gasteiger partial charge in [-0.1, -0.05) is 12.1 Å². The lowest BCUT2D eigenvalue weighted by Crippen LogP contribution is -2.49. The van der Waals surface area contributed by atoms with Crippen molar-refractivity contribution in [1.82, 2.24) is 9.80 Å². The highest BCUT2D eigenvalue weighted by Crippen LogP contribution is 2.22. The summed E-state index contributed by atoms with van der Waals surface area (Å²) in [4.78, 5) is 16.2. The standard InChI is InChI=1S/C16H22F2N2O4S/c1-25(22,23)12-4-7-19-8-10-20(11-9-19)15(21)13-5-2-3-6-14(13)24-16(17)18/h2-3,5-6,16H,4,7-12H2,1H3. The zero-order valence-corrected chi connectivity index (χ0v) is 14.8. The lowest BCUT2D eigenvalue weighted by atomic mass is 10.1. The summed E-state index contributed by atoms with van der Waals surface area (Å²) < 4.78 is 51.6. The summed E-state index contributed by atoms with van der Waals surface area (Å²) in [5.74, 6) is -0.324. The van der Waals surface area contributed by atoms with E-state index < -0.39 is 16.4 Å². The molecule has 1 fully saturated rings. The number of amides is 1.